The molecule has 132 valence electrons. The zero-order chi connectivity index (χ0) is 18.8. The zero-order valence-corrected chi connectivity index (χ0v) is 14.7. The number of carbonyl (C=O) groups excluding carboxylic acids is 1. The van der Waals surface area contributed by atoms with Crippen LogP contribution in [0.3, 0.4) is 0 Å². The maximum Gasteiger partial charge on any atom is 0.291 e. The third kappa shape index (κ3) is 3.49. The molecular weight excluding hydrogens is 332 g/mol. The first-order valence-corrected chi connectivity index (χ1v) is 8.09. The molecule has 0 spiro atoms. The lowest BCUT2D eigenvalue weighted by Crippen LogP contribution is -2.12. The van der Waals surface area contributed by atoms with Gasteiger partial charge in [-0.1, -0.05) is 18.2 Å². The first kappa shape index (κ1) is 17.4. The number of nitro groups is 1. The van der Waals surface area contributed by atoms with E-state index in [9.17, 15) is 14.9 Å². The Morgan fingerprint density at radius 3 is 2.38 bits per heavy atom. The number of nitrogens with zero attached hydrogens (tertiary/aromatic N) is 1. The molecule has 3 rings (SSSR count). The number of anilines is 1. The van der Waals surface area contributed by atoms with Gasteiger partial charge in [-0.25, -0.2) is 0 Å². The first-order valence-electron chi connectivity index (χ1n) is 8.09. The van der Waals surface area contributed by atoms with Crippen molar-refractivity contribution in [3.05, 3.63) is 81.1 Å². The van der Waals surface area contributed by atoms with Gasteiger partial charge in [-0.2, -0.15) is 0 Å². The smallest absolute Gasteiger partial charge is 0.291 e. The molecule has 26 heavy (non-hydrogen) atoms. The van der Waals surface area contributed by atoms with Crippen LogP contribution in [-0.2, 0) is 0 Å². The van der Waals surface area contributed by atoms with Crippen molar-refractivity contribution in [1.82, 2.24) is 0 Å². The lowest BCUT2D eigenvalue weighted by molar-refractivity contribution is -0.384. The number of hydrogen-bond donors (Lipinski definition) is 1. The van der Waals surface area contributed by atoms with Crippen LogP contribution < -0.4 is 5.32 Å². The van der Waals surface area contributed by atoms with E-state index in [0.29, 0.717) is 11.4 Å². The van der Waals surface area contributed by atoms with Crippen molar-refractivity contribution in [1.29, 1.82) is 0 Å². The Morgan fingerprint density at radius 2 is 1.69 bits per heavy atom. The fourth-order valence-corrected chi connectivity index (χ4v) is 2.55. The molecule has 0 bridgehead atoms. The Morgan fingerprint density at radius 1 is 0.962 bits per heavy atom. The van der Waals surface area contributed by atoms with Crippen molar-refractivity contribution in [3.8, 4) is 11.3 Å². The molecule has 0 saturated carbocycles. The van der Waals surface area contributed by atoms with E-state index in [1.165, 1.54) is 17.7 Å². The van der Waals surface area contributed by atoms with E-state index >= 15 is 0 Å². The molecule has 1 amide bonds. The van der Waals surface area contributed by atoms with Crippen LogP contribution in [-0.4, -0.2) is 10.8 Å². The van der Waals surface area contributed by atoms with Crippen molar-refractivity contribution in [3.63, 3.8) is 0 Å². The summed E-state index contributed by atoms with van der Waals surface area (Å²) in [5.74, 6) is 0.279. The summed E-state index contributed by atoms with van der Waals surface area (Å²) in [7, 11) is 0. The van der Waals surface area contributed by atoms with Gasteiger partial charge in [-0.15, -0.1) is 0 Å². The number of benzene rings is 2. The first-order chi connectivity index (χ1) is 12.3. The molecule has 3 aromatic rings. The summed E-state index contributed by atoms with van der Waals surface area (Å²) >= 11 is 0. The average molecular weight is 350 g/mol. The second kappa shape index (κ2) is 6.84. The van der Waals surface area contributed by atoms with E-state index in [1.54, 1.807) is 25.1 Å². The number of nitrogens with one attached hydrogen (secondary N) is 1. The van der Waals surface area contributed by atoms with E-state index in [1.807, 2.05) is 32.0 Å². The second-order valence-electron chi connectivity index (χ2n) is 6.17. The zero-order valence-electron chi connectivity index (χ0n) is 14.7. The lowest BCUT2D eigenvalue weighted by atomic mass is 10.1. The Labute approximate surface area is 150 Å². The maximum absolute atomic E-state index is 12.4. The fraction of sp³-hybridized carbons (Fsp3) is 0.150. The summed E-state index contributed by atoms with van der Waals surface area (Å²) in [4.78, 5) is 22.8. The van der Waals surface area contributed by atoms with Gasteiger partial charge in [0.25, 0.3) is 11.6 Å². The Kier molecular flexibility index (Phi) is 4.58. The molecule has 0 aliphatic heterocycles. The molecule has 0 fully saturated rings. The molecule has 0 saturated heterocycles. The normalized spacial score (nSPS) is 10.6. The van der Waals surface area contributed by atoms with Crippen molar-refractivity contribution < 1.29 is 14.1 Å². The Hall–Kier alpha value is -3.41. The van der Waals surface area contributed by atoms with Gasteiger partial charge in [0.05, 0.1) is 10.6 Å². The highest BCUT2D eigenvalue weighted by atomic mass is 16.6. The van der Waals surface area contributed by atoms with Crippen LogP contribution in [0.4, 0.5) is 11.4 Å². The van der Waals surface area contributed by atoms with Crippen LogP contribution in [0.1, 0.15) is 27.2 Å². The quantitative estimate of drug-likeness (QED) is 0.528. The largest absolute Gasteiger partial charge is 0.451 e. The number of non-ortho nitro benzene ring substituents is 1. The number of carbonyl (C=O) groups is 1. The van der Waals surface area contributed by atoms with Crippen LogP contribution in [0.15, 0.2) is 52.9 Å². The van der Waals surface area contributed by atoms with E-state index in [-0.39, 0.29) is 11.4 Å². The van der Waals surface area contributed by atoms with Crippen molar-refractivity contribution in [2.75, 3.05) is 5.32 Å². The number of furan rings is 1. The Bertz CT molecular complexity index is 1000. The minimum atomic E-state index is -0.500. The van der Waals surface area contributed by atoms with Gasteiger partial charge in [0.15, 0.2) is 5.76 Å². The van der Waals surface area contributed by atoms with E-state index in [2.05, 4.69) is 5.32 Å². The summed E-state index contributed by atoms with van der Waals surface area (Å²) in [6, 6.07) is 13.6. The van der Waals surface area contributed by atoms with Gasteiger partial charge in [0, 0.05) is 17.7 Å². The highest BCUT2D eigenvalue weighted by molar-refractivity contribution is 6.03. The van der Waals surface area contributed by atoms with E-state index in [0.717, 1.165) is 16.7 Å². The molecule has 1 heterocycles. The van der Waals surface area contributed by atoms with Gasteiger partial charge >= 0.3 is 0 Å². The Balaban J connectivity index is 1.83. The van der Waals surface area contributed by atoms with Crippen molar-refractivity contribution >= 4 is 17.3 Å². The minimum absolute atomic E-state index is 0.0823. The van der Waals surface area contributed by atoms with Gasteiger partial charge in [0.2, 0.25) is 0 Å². The molecule has 0 radical (unpaired) electrons. The van der Waals surface area contributed by atoms with Gasteiger partial charge in [0.1, 0.15) is 5.76 Å². The van der Waals surface area contributed by atoms with Gasteiger partial charge in [-0.05, 0) is 55.7 Å². The maximum atomic E-state index is 12.4. The summed E-state index contributed by atoms with van der Waals surface area (Å²) in [6.45, 7) is 5.81. The number of amides is 1. The predicted octanol–water partition coefficient (Wildman–Crippen LogP) is 5.03. The van der Waals surface area contributed by atoms with Crippen molar-refractivity contribution in [2.24, 2.45) is 0 Å². The van der Waals surface area contributed by atoms with E-state index < -0.39 is 10.8 Å². The number of nitro benzene ring substituents is 1. The molecule has 6 heteroatoms. The average Bonchev–Trinajstić information content (AvgIpc) is 3.09. The predicted molar refractivity (Wildman–Crippen MR) is 99.4 cm³/mol. The van der Waals surface area contributed by atoms with Crippen LogP contribution in [0.5, 0.6) is 0 Å². The number of rotatable bonds is 4. The van der Waals surface area contributed by atoms with Crippen LogP contribution in [0.2, 0.25) is 0 Å². The summed E-state index contributed by atoms with van der Waals surface area (Å²) in [5.41, 5.74) is 4.23. The summed E-state index contributed by atoms with van der Waals surface area (Å²) < 4.78 is 5.67. The molecule has 6 nitrogen and oxygen atoms in total. The van der Waals surface area contributed by atoms with Crippen LogP contribution in [0, 0.1) is 30.9 Å². The monoisotopic (exact) mass is 350 g/mol. The topological polar surface area (TPSA) is 85.4 Å². The molecule has 2 aromatic carbocycles. The number of hydrogen-bond acceptors (Lipinski definition) is 4. The molecular formula is C20H18N2O4. The molecule has 0 unspecified atom stereocenters. The van der Waals surface area contributed by atoms with Gasteiger partial charge < -0.3 is 9.73 Å². The molecule has 0 aliphatic rings. The van der Waals surface area contributed by atoms with E-state index in [4.69, 9.17) is 4.42 Å². The van der Waals surface area contributed by atoms with Crippen LogP contribution >= 0.6 is 0 Å². The third-order valence-electron chi connectivity index (χ3n) is 4.30. The standard InChI is InChI=1S/C20H18N2O4/c1-12-4-6-15(10-14(12)3)18-8-9-19(26-18)20(23)21-17-11-16(22(24)25)7-5-13(17)2/h4-11H,1-3H3,(H,21,23). The van der Waals surface area contributed by atoms with Crippen molar-refractivity contribution in [2.45, 2.75) is 20.8 Å². The third-order valence-corrected chi connectivity index (χ3v) is 4.30. The molecule has 0 atom stereocenters. The fourth-order valence-electron chi connectivity index (χ4n) is 2.55. The van der Waals surface area contributed by atoms with Crippen LogP contribution in [0.25, 0.3) is 11.3 Å². The lowest BCUT2D eigenvalue weighted by Gasteiger charge is -2.07. The number of aryl methyl sites for hydroxylation is 3. The molecule has 0 aliphatic carbocycles. The highest BCUT2D eigenvalue weighted by Crippen LogP contribution is 2.26. The second-order valence-corrected chi connectivity index (χ2v) is 6.17. The minimum Gasteiger partial charge on any atom is -0.451 e. The summed E-state index contributed by atoms with van der Waals surface area (Å²) in [6.07, 6.45) is 0. The molecule has 1 aromatic heterocycles. The highest BCUT2D eigenvalue weighted by Gasteiger charge is 2.16. The summed E-state index contributed by atoms with van der Waals surface area (Å²) in [5, 5.41) is 13.6. The van der Waals surface area contributed by atoms with Gasteiger partial charge in [-0.3, -0.25) is 14.9 Å². The SMILES string of the molecule is Cc1ccc(-c2ccc(C(=O)Nc3cc([N+](=O)[O-])ccc3C)o2)cc1C. The molecule has 1 N–H and O–H groups in total.